The highest BCUT2D eigenvalue weighted by molar-refractivity contribution is 5.91. The summed E-state index contributed by atoms with van der Waals surface area (Å²) in [5, 5.41) is 8.88. The molecule has 25 heavy (non-hydrogen) atoms. The van der Waals surface area contributed by atoms with Crippen LogP contribution in [-0.4, -0.2) is 18.0 Å². The number of ether oxygens (including phenoxy) is 1. The maximum Gasteiger partial charge on any atom is 0.266 e. The van der Waals surface area contributed by atoms with Gasteiger partial charge in [0.25, 0.3) is 5.56 Å². The molecule has 6 nitrogen and oxygen atoms in total. The van der Waals surface area contributed by atoms with E-state index in [0.29, 0.717) is 22.6 Å². The number of carbonyl (C=O) groups is 1. The van der Waals surface area contributed by atoms with Crippen molar-refractivity contribution in [3.05, 3.63) is 63.5 Å². The van der Waals surface area contributed by atoms with E-state index >= 15 is 0 Å². The van der Waals surface area contributed by atoms with Gasteiger partial charge in [0.05, 0.1) is 7.11 Å². The summed E-state index contributed by atoms with van der Waals surface area (Å²) in [4.78, 5) is 25.6. The van der Waals surface area contributed by atoms with Gasteiger partial charge in [0.15, 0.2) is 0 Å². The molecule has 1 heterocycles. The Balaban J connectivity index is 2.70. The van der Waals surface area contributed by atoms with Crippen LogP contribution in [0.5, 0.6) is 5.75 Å². The van der Waals surface area contributed by atoms with Crippen LogP contribution in [0, 0.1) is 11.3 Å². The van der Waals surface area contributed by atoms with E-state index in [1.165, 1.54) is 19.3 Å². The highest BCUT2D eigenvalue weighted by Gasteiger charge is 2.11. The Morgan fingerprint density at radius 3 is 2.48 bits per heavy atom. The zero-order valence-electron chi connectivity index (χ0n) is 13.9. The number of methoxy groups -OCH3 is 1. The number of carbonyl (C=O) groups excluding carboxylic acids is 1. The SMILES string of the molecule is CC=Cc1cc(-c2ccc(C#N)c(=O)[nH]2)cc(C=CC(N)=O)c1OC. The summed E-state index contributed by atoms with van der Waals surface area (Å²) in [6.07, 6.45) is 6.50. The Bertz CT molecular complexity index is 963. The lowest BCUT2D eigenvalue weighted by Gasteiger charge is -2.12. The summed E-state index contributed by atoms with van der Waals surface area (Å²) >= 11 is 0. The summed E-state index contributed by atoms with van der Waals surface area (Å²) in [5.74, 6) is 0.00200. The van der Waals surface area contributed by atoms with Gasteiger partial charge in [-0.25, -0.2) is 0 Å². The van der Waals surface area contributed by atoms with Crippen LogP contribution in [-0.2, 0) is 4.79 Å². The molecular formula is C19H17N3O3. The van der Waals surface area contributed by atoms with Crippen LogP contribution in [0.25, 0.3) is 23.4 Å². The molecule has 1 aromatic carbocycles. The van der Waals surface area contributed by atoms with E-state index in [9.17, 15) is 9.59 Å². The fourth-order valence-corrected chi connectivity index (χ4v) is 2.39. The second kappa shape index (κ2) is 7.79. The highest BCUT2D eigenvalue weighted by atomic mass is 16.5. The number of aromatic amines is 1. The third kappa shape index (κ3) is 4.03. The number of nitrogens with two attached hydrogens (primary N) is 1. The standard InChI is InChI=1S/C19H17N3O3/c1-3-4-12-9-15(16-7-5-14(11-20)19(24)22-16)10-13(18(12)25-2)6-8-17(21)23/h3-10H,1-2H3,(H2,21,23)(H,22,24). The van der Waals surface area contributed by atoms with Crippen LogP contribution >= 0.6 is 0 Å². The minimum absolute atomic E-state index is 0.0415. The minimum atomic E-state index is -0.577. The fraction of sp³-hybridized carbons (Fsp3) is 0.105. The third-order valence-electron chi connectivity index (χ3n) is 3.46. The van der Waals surface area contributed by atoms with E-state index in [1.54, 1.807) is 18.2 Å². The summed E-state index contributed by atoms with van der Waals surface area (Å²) in [6.45, 7) is 1.87. The van der Waals surface area contributed by atoms with Gasteiger partial charge in [0, 0.05) is 22.9 Å². The summed E-state index contributed by atoms with van der Waals surface area (Å²) in [7, 11) is 1.53. The zero-order chi connectivity index (χ0) is 18.4. The molecule has 0 bridgehead atoms. The monoisotopic (exact) mass is 335 g/mol. The van der Waals surface area contributed by atoms with Gasteiger partial charge in [-0.15, -0.1) is 0 Å². The number of pyridine rings is 1. The van der Waals surface area contributed by atoms with E-state index in [1.807, 2.05) is 31.2 Å². The number of primary amides is 1. The van der Waals surface area contributed by atoms with E-state index in [-0.39, 0.29) is 5.56 Å². The molecule has 2 rings (SSSR count). The number of benzene rings is 1. The number of rotatable bonds is 5. The maximum atomic E-state index is 11.9. The molecule has 0 aliphatic carbocycles. The van der Waals surface area contributed by atoms with Crippen molar-refractivity contribution in [1.82, 2.24) is 4.98 Å². The molecule has 0 aliphatic heterocycles. The molecule has 126 valence electrons. The molecule has 0 saturated heterocycles. The van der Waals surface area contributed by atoms with Gasteiger partial charge >= 0.3 is 0 Å². The van der Waals surface area contributed by atoms with E-state index < -0.39 is 11.5 Å². The van der Waals surface area contributed by atoms with Crippen molar-refractivity contribution in [1.29, 1.82) is 5.26 Å². The average Bonchev–Trinajstić information content (AvgIpc) is 2.59. The van der Waals surface area contributed by atoms with E-state index in [2.05, 4.69) is 4.98 Å². The van der Waals surface area contributed by atoms with Gasteiger partial charge in [-0.05, 0) is 42.8 Å². The predicted molar refractivity (Wildman–Crippen MR) is 96.7 cm³/mol. The molecule has 0 atom stereocenters. The van der Waals surface area contributed by atoms with E-state index in [0.717, 1.165) is 5.56 Å². The van der Waals surface area contributed by atoms with Gasteiger partial charge in [-0.3, -0.25) is 9.59 Å². The molecule has 0 aliphatic rings. The zero-order valence-corrected chi connectivity index (χ0v) is 13.9. The van der Waals surface area contributed by atoms with Gasteiger partial charge < -0.3 is 15.5 Å². The van der Waals surface area contributed by atoms with Crippen molar-refractivity contribution >= 4 is 18.1 Å². The van der Waals surface area contributed by atoms with Crippen molar-refractivity contribution in [2.24, 2.45) is 5.73 Å². The molecule has 2 aromatic rings. The number of nitrogens with one attached hydrogen (secondary N) is 1. The van der Waals surface area contributed by atoms with Crippen molar-refractivity contribution in [3.8, 4) is 23.1 Å². The molecule has 1 amide bonds. The molecule has 0 spiro atoms. The smallest absolute Gasteiger partial charge is 0.266 e. The lowest BCUT2D eigenvalue weighted by Crippen LogP contribution is -2.10. The van der Waals surface area contributed by atoms with Crippen LogP contribution in [0.15, 0.2) is 41.2 Å². The van der Waals surface area contributed by atoms with Gasteiger partial charge in [-0.2, -0.15) is 5.26 Å². The number of hydrogen-bond acceptors (Lipinski definition) is 4. The van der Waals surface area contributed by atoms with Crippen molar-refractivity contribution in [2.45, 2.75) is 6.92 Å². The van der Waals surface area contributed by atoms with Gasteiger partial charge in [0.1, 0.15) is 17.4 Å². The minimum Gasteiger partial charge on any atom is -0.496 e. The first kappa shape index (κ1) is 17.8. The molecule has 0 unspecified atom stereocenters. The van der Waals surface area contributed by atoms with Crippen molar-refractivity contribution in [2.75, 3.05) is 7.11 Å². The first-order chi connectivity index (χ1) is 12.0. The predicted octanol–water partition coefficient (Wildman–Crippen LogP) is 2.45. The lowest BCUT2D eigenvalue weighted by atomic mass is 10.00. The molecule has 0 saturated carbocycles. The van der Waals surface area contributed by atoms with E-state index in [4.69, 9.17) is 15.7 Å². The molecule has 0 fully saturated rings. The number of allylic oxidation sites excluding steroid dienone is 1. The Morgan fingerprint density at radius 1 is 1.28 bits per heavy atom. The Labute approximate surface area is 144 Å². The summed E-state index contributed by atoms with van der Waals surface area (Å²) in [5.41, 5.74) is 7.42. The second-order valence-electron chi connectivity index (χ2n) is 5.15. The number of nitriles is 1. The van der Waals surface area contributed by atoms with Crippen LogP contribution in [0.3, 0.4) is 0 Å². The van der Waals surface area contributed by atoms with Gasteiger partial charge in [0.2, 0.25) is 5.91 Å². The molecular weight excluding hydrogens is 318 g/mol. The Kier molecular flexibility index (Phi) is 5.54. The number of hydrogen-bond donors (Lipinski definition) is 2. The number of aromatic nitrogens is 1. The first-order valence-corrected chi connectivity index (χ1v) is 7.46. The number of amides is 1. The number of H-pyrrole nitrogens is 1. The van der Waals surface area contributed by atoms with Crippen molar-refractivity contribution < 1.29 is 9.53 Å². The lowest BCUT2D eigenvalue weighted by molar-refractivity contribution is -0.113. The van der Waals surface area contributed by atoms with Crippen LogP contribution in [0.1, 0.15) is 23.6 Å². The molecule has 1 aromatic heterocycles. The number of nitrogens with zero attached hydrogens (tertiary/aromatic N) is 1. The van der Waals surface area contributed by atoms with Gasteiger partial charge in [-0.1, -0.05) is 12.2 Å². The maximum absolute atomic E-state index is 11.9. The first-order valence-electron chi connectivity index (χ1n) is 7.46. The Morgan fingerprint density at radius 2 is 1.96 bits per heavy atom. The average molecular weight is 335 g/mol. The Hall–Kier alpha value is -3.59. The second-order valence-corrected chi connectivity index (χ2v) is 5.15. The molecule has 0 radical (unpaired) electrons. The van der Waals surface area contributed by atoms with Crippen molar-refractivity contribution in [3.63, 3.8) is 0 Å². The van der Waals surface area contributed by atoms with Crippen LogP contribution in [0.4, 0.5) is 0 Å². The summed E-state index contributed by atoms with van der Waals surface area (Å²) in [6, 6.07) is 8.56. The van der Waals surface area contributed by atoms with Crippen LogP contribution in [0.2, 0.25) is 0 Å². The van der Waals surface area contributed by atoms with Crippen LogP contribution < -0.4 is 16.0 Å². The third-order valence-corrected chi connectivity index (χ3v) is 3.46. The fourth-order valence-electron chi connectivity index (χ4n) is 2.39. The highest BCUT2D eigenvalue weighted by Crippen LogP contribution is 2.32. The largest absolute Gasteiger partial charge is 0.496 e. The topological polar surface area (TPSA) is 109 Å². The molecule has 3 N–H and O–H groups in total. The normalized spacial score (nSPS) is 10.9. The molecule has 6 heteroatoms. The summed E-state index contributed by atoms with van der Waals surface area (Å²) < 4.78 is 5.44. The quantitative estimate of drug-likeness (QED) is 0.818.